The van der Waals surface area contributed by atoms with E-state index in [1.807, 2.05) is 0 Å². The predicted octanol–water partition coefficient (Wildman–Crippen LogP) is -0.642. The summed E-state index contributed by atoms with van der Waals surface area (Å²) in [4.78, 5) is 15.3. The maximum atomic E-state index is 11.4. The van der Waals surface area contributed by atoms with Crippen LogP contribution < -0.4 is 10.9 Å². The molecule has 2 N–H and O–H groups in total. The van der Waals surface area contributed by atoms with Crippen molar-refractivity contribution in [1.82, 2.24) is 14.9 Å². The third-order valence-corrected chi connectivity index (χ3v) is 2.79. The van der Waals surface area contributed by atoms with Gasteiger partial charge in [0.2, 0.25) is 0 Å². The fourth-order valence-electron chi connectivity index (χ4n) is 1.86. The Morgan fingerprint density at radius 1 is 1.53 bits per heavy atom. The first-order valence-corrected chi connectivity index (χ1v) is 5.13. The summed E-state index contributed by atoms with van der Waals surface area (Å²) < 4.78 is 1.46. The van der Waals surface area contributed by atoms with Crippen LogP contribution in [0, 0.1) is 0 Å². The zero-order valence-corrected chi connectivity index (χ0v) is 8.52. The van der Waals surface area contributed by atoms with Gasteiger partial charge >= 0.3 is 0 Å². The highest BCUT2D eigenvalue weighted by Gasteiger charge is 2.29. The first kappa shape index (κ1) is 10.3. The lowest BCUT2D eigenvalue weighted by atomic mass is 9.92. The molecule has 1 aromatic heterocycles. The van der Waals surface area contributed by atoms with Crippen LogP contribution in [0.15, 0.2) is 23.4 Å². The van der Waals surface area contributed by atoms with Gasteiger partial charge in [-0.1, -0.05) is 0 Å². The molecule has 0 radical (unpaired) electrons. The summed E-state index contributed by atoms with van der Waals surface area (Å²) in [5.41, 5.74) is -0.880. The molecule has 1 aliphatic rings. The van der Waals surface area contributed by atoms with Crippen molar-refractivity contribution in [3.05, 3.63) is 28.9 Å². The number of piperidine rings is 1. The van der Waals surface area contributed by atoms with E-state index in [-0.39, 0.29) is 5.56 Å². The highest BCUT2D eigenvalue weighted by molar-refractivity contribution is 4.89. The van der Waals surface area contributed by atoms with Crippen molar-refractivity contribution < 1.29 is 5.11 Å². The Hall–Kier alpha value is -1.20. The lowest BCUT2D eigenvalue weighted by Gasteiger charge is -2.32. The van der Waals surface area contributed by atoms with Crippen LogP contribution in [0.2, 0.25) is 0 Å². The molecule has 0 bridgehead atoms. The van der Waals surface area contributed by atoms with E-state index in [4.69, 9.17) is 0 Å². The molecule has 2 heterocycles. The Kier molecular flexibility index (Phi) is 2.83. The molecule has 0 aromatic carbocycles. The van der Waals surface area contributed by atoms with Crippen molar-refractivity contribution in [2.45, 2.75) is 25.0 Å². The molecule has 5 heteroatoms. The summed E-state index contributed by atoms with van der Waals surface area (Å²) in [6.45, 7) is 1.93. The molecule has 5 nitrogen and oxygen atoms in total. The molecule has 0 atom stereocenters. The minimum absolute atomic E-state index is 0.114. The van der Waals surface area contributed by atoms with Crippen molar-refractivity contribution >= 4 is 0 Å². The van der Waals surface area contributed by atoms with Crippen LogP contribution in [0.25, 0.3) is 0 Å². The molecule has 2 rings (SSSR count). The van der Waals surface area contributed by atoms with Crippen molar-refractivity contribution in [1.29, 1.82) is 0 Å². The molecule has 15 heavy (non-hydrogen) atoms. The molecular formula is C10H15N3O2. The monoisotopic (exact) mass is 209 g/mol. The number of nitrogens with zero attached hydrogens (tertiary/aromatic N) is 2. The average molecular weight is 209 g/mol. The largest absolute Gasteiger partial charge is 0.388 e. The van der Waals surface area contributed by atoms with Crippen LogP contribution in [-0.4, -0.2) is 33.3 Å². The van der Waals surface area contributed by atoms with E-state index >= 15 is 0 Å². The molecule has 1 saturated heterocycles. The van der Waals surface area contributed by atoms with E-state index in [1.54, 1.807) is 0 Å². The molecular weight excluding hydrogens is 194 g/mol. The zero-order valence-electron chi connectivity index (χ0n) is 8.52. The predicted molar refractivity (Wildman–Crippen MR) is 55.6 cm³/mol. The molecule has 0 unspecified atom stereocenters. The van der Waals surface area contributed by atoms with Gasteiger partial charge in [-0.05, 0) is 25.9 Å². The van der Waals surface area contributed by atoms with Gasteiger partial charge in [-0.25, -0.2) is 4.98 Å². The van der Waals surface area contributed by atoms with Crippen LogP contribution in [0.3, 0.4) is 0 Å². The van der Waals surface area contributed by atoms with Gasteiger partial charge in [-0.15, -0.1) is 0 Å². The second-order valence-corrected chi connectivity index (χ2v) is 4.02. The average Bonchev–Trinajstić information content (AvgIpc) is 2.22. The summed E-state index contributed by atoms with van der Waals surface area (Å²) >= 11 is 0. The summed E-state index contributed by atoms with van der Waals surface area (Å²) in [6, 6.07) is 1.41. The SMILES string of the molecule is O=c1ccncn1CC1(O)CCNCC1. The van der Waals surface area contributed by atoms with Crippen molar-refractivity contribution in [3.8, 4) is 0 Å². The molecule has 0 saturated carbocycles. The normalized spacial score (nSPS) is 20.1. The summed E-state index contributed by atoms with van der Waals surface area (Å²) in [5.74, 6) is 0. The van der Waals surface area contributed by atoms with Crippen LogP contribution in [-0.2, 0) is 6.54 Å². The van der Waals surface area contributed by atoms with Gasteiger partial charge in [0.05, 0.1) is 18.5 Å². The second-order valence-electron chi connectivity index (χ2n) is 4.02. The van der Waals surface area contributed by atoms with Gasteiger partial charge in [-0.3, -0.25) is 9.36 Å². The molecule has 0 spiro atoms. The standard InChI is InChI=1S/C10H15N3O2/c14-9-1-4-12-8-13(9)7-10(15)2-5-11-6-3-10/h1,4,8,11,15H,2-3,5-7H2. The number of hydrogen-bond acceptors (Lipinski definition) is 4. The Labute approximate surface area is 87.8 Å². The third kappa shape index (κ3) is 2.43. The minimum Gasteiger partial charge on any atom is -0.388 e. The maximum absolute atomic E-state index is 11.4. The highest BCUT2D eigenvalue weighted by Crippen LogP contribution is 2.19. The number of hydrogen-bond donors (Lipinski definition) is 2. The first-order chi connectivity index (χ1) is 7.20. The zero-order chi connectivity index (χ0) is 10.7. The fraction of sp³-hybridized carbons (Fsp3) is 0.600. The van der Waals surface area contributed by atoms with E-state index in [9.17, 15) is 9.90 Å². The lowest BCUT2D eigenvalue weighted by Crippen LogP contribution is -2.46. The summed E-state index contributed by atoms with van der Waals surface area (Å²) in [5, 5.41) is 13.4. The Balaban J connectivity index is 2.14. The van der Waals surface area contributed by atoms with E-state index in [0.717, 1.165) is 13.1 Å². The van der Waals surface area contributed by atoms with E-state index in [2.05, 4.69) is 10.3 Å². The number of nitrogens with one attached hydrogen (secondary N) is 1. The van der Waals surface area contributed by atoms with Crippen LogP contribution in [0.1, 0.15) is 12.8 Å². The quantitative estimate of drug-likeness (QED) is 0.679. The maximum Gasteiger partial charge on any atom is 0.253 e. The first-order valence-electron chi connectivity index (χ1n) is 5.13. The smallest absolute Gasteiger partial charge is 0.253 e. The summed E-state index contributed by atoms with van der Waals surface area (Å²) in [7, 11) is 0. The Morgan fingerprint density at radius 3 is 2.93 bits per heavy atom. The fourth-order valence-corrected chi connectivity index (χ4v) is 1.86. The molecule has 1 aromatic rings. The summed E-state index contributed by atoms with van der Waals surface area (Å²) in [6.07, 6.45) is 4.29. The number of rotatable bonds is 2. The third-order valence-electron chi connectivity index (χ3n) is 2.79. The molecule has 0 amide bonds. The van der Waals surface area contributed by atoms with Gasteiger partial charge in [0.15, 0.2) is 0 Å². The topological polar surface area (TPSA) is 67.2 Å². The van der Waals surface area contributed by atoms with Gasteiger partial charge in [0.1, 0.15) is 0 Å². The van der Waals surface area contributed by atoms with Crippen molar-refractivity contribution in [2.24, 2.45) is 0 Å². The van der Waals surface area contributed by atoms with Gasteiger partial charge < -0.3 is 10.4 Å². The molecule has 0 aliphatic carbocycles. The molecule has 1 aliphatic heterocycles. The van der Waals surface area contributed by atoms with Crippen molar-refractivity contribution in [3.63, 3.8) is 0 Å². The van der Waals surface area contributed by atoms with Gasteiger partial charge in [-0.2, -0.15) is 0 Å². The minimum atomic E-state index is -0.766. The lowest BCUT2D eigenvalue weighted by molar-refractivity contribution is -0.00641. The molecule has 82 valence electrons. The number of aromatic nitrogens is 2. The second kappa shape index (κ2) is 4.12. The van der Waals surface area contributed by atoms with Gasteiger partial charge in [0, 0.05) is 12.3 Å². The van der Waals surface area contributed by atoms with Gasteiger partial charge in [0.25, 0.3) is 5.56 Å². The van der Waals surface area contributed by atoms with Crippen LogP contribution in [0.4, 0.5) is 0 Å². The van der Waals surface area contributed by atoms with Crippen LogP contribution in [0.5, 0.6) is 0 Å². The molecule has 1 fully saturated rings. The van der Waals surface area contributed by atoms with Crippen LogP contribution >= 0.6 is 0 Å². The Morgan fingerprint density at radius 2 is 2.27 bits per heavy atom. The van der Waals surface area contributed by atoms with E-state index in [1.165, 1.54) is 23.2 Å². The Bertz CT molecular complexity index is 382. The van der Waals surface area contributed by atoms with E-state index in [0.29, 0.717) is 19.4 Å². The number of aliphatic hydroxyl groups is 1. The highest BCUT2D eigenvalue weighted by atomic mass is 16.3. The van der Waals surface area contributed by atoms with Crippen molar-refractivity contribution in [2.75, 3.05) is 13.1 Å². The van der Waals surface area contributed by atoms with E-state index < -0.39 is 5.60 Å².